The summed E-state index contributed by atoms with van der Waals surface area (Å²) in [7, 11) is 1.18. The van der Waals surface area contributed by atoms with Crippen molar-refractivity contribution in [1.82, 2.24) is 0 Å². The predicted molar refractivity (Wildman–Crippen MR) is 135 cm³/mol. The molecule has 4 rings (SSSR count). The van der Waals surface area contributed by atoms with Gasteiger partial charge in [-0.2, -0.15) is 0 Å². The van der Waals surface area contributed by atoms with Gasteiger partial charge in [-0.3, -0.25) is 10.1 Å². The fourth-order valence-corrected chi connectivity index (χ4v) is 5.84. The highest BCUT2D eigenvalue weighted by Gasteiger charge is 2.42. The van der Waals surface area contributed by atoms with Crippen LogP contribution in [0.15, 0.2) is 24.3 Å². The summed E-state index contributed by atoms with van der Waals surface area (Å²) in [5.41, 5.74) is 7.19. The number of carbonyl (C=O) groups is 1. The first-order valence-corrected chi connectivity index (χ1v) is 13.1. The number of hydrogen-bond acceptors (Lipinski definition) is 5. The van der Waals surface area contributed by atoms with Gasteiger partial charge in [0.1, 0.15) is 0 Å². The summed E-state index contributed by atoms with van der Waals surface area (Å²) in [5, 5.41) is 17.7. The number of primary amides is 1. The fourth-order valence-electron chi connectivity index (χ4n) is 5.84. The van der Waals surface area contributed by atoms with E-state index in [1.807, 2.05) is 31.2 Å². The van der Waals surface area contributed by atoms with Crippen molar-refractivity contribution < 1.29 is 24.8 Å². The molecular formula is C28H47NO5. The summed E-state index contributed by atoms with van der Waals surface area (Å²) >= 11 is 0. The Morgan fingerprint density at radius 3 is 2.29 bits per heavy atom. The van der Waals surface area contributed by atoms with Crippen LogP contribution in [0.4, 0.5) is 0 Å². The van der Waals surface area contributed by atoms with Gasteiger partial charge in [0.15, 0.2) is 0 Å². The second kappa shape index (κ2) is 14.8. The van der Waals surface area contributed by atoms with Gasteiger partial charge in [0, 0.05) is 0 Å². The molecule has 2 saturated carbocycles. The predicted octanol–water partition coefficient (Wildman–Crippen LogP) is 5.14. The second-order valence-corrected chi connectivity index (χ2v) is 10.6. The number of aliphatic hydroxyl groups is 1. The first kappa shape index (κ1) is 28.8. The number of carbonyl (C=O) groups excluding carboxylic acids is 1. The molecule has 194 valence electrons. The van der Waals surface area contributed by atoms with Crippen LogP contribution in [0.3, 0.4) is 0 Å². The minimum atomic E-state index is -0.283. The van der Waals surface area contributed by atoms with Crippen LogP contribution in [0.1, 0.15) is 76.3 Å². The molecular weight excluding hydrogens is 430 g/mol. The molecule has 0 aromatic heterocycles. The van der Waals surface area contributed by atoms with Gasteiger partial charge in [0.2, 0.25) is 5.91 Å². The summed E-state index contributed by atoms with van der Waals surface area (Å²) < 4.78 is 6.05. The van der Waals surface area contributed by atoms with Crippen molar-refractivity contribution in [2.75, 3.05) is 13.7 Å². The molecule has 1 amide bonds. The molecule has 6 heteroatoms. The molecule has 2 aliphatic carbocycles. The Kier molecular flexibility index (Phi) is 12.5. The van der Waals surface area contributed by atoms with Gasteiger partial charge in [0.05, 0.1) is 32.3 Å². The van der Waals surface area contributed by atoms with E-state index in [4.69, 9.17) is 15.7 Å². The number of amides is 1. The van der Waals surface area contributed by atoms with Gasteiger partial charge in [-0.1, -0.05) is 56.0 Å². The molecule has 3 aliphatic rings. The van der Waals surface area contributed by atoms with Crippen LogP contribution in [-0.2, 0) is 20.8 Å². The topological polar surface area (TPSA) is 102 Å². The summed E-state index contributed by atoms with van der Waals surface area (Å²) in [4.78, 5) is 13.7. The lowest BCUT2D eigenvalue weighted by molar-refractivity contribution is -0.214. The van der Waals surface area contributed by atoms with E-state index in [0.29, 0.717) is 36.2 Å². The van der Waals surface area contributed by atoms with Gasteiger partial charge in [0.25, 0.3) is 0 Å². The van der Waals surface area contributed by atoms with E-state index in [2.05, 4.69) is 18.7 Å². The van der Waals surface area contributed by atoms with Crippen molar-refractivity contribution in [3.05, 3.63) is 35.4 Å². The molecule has 4 N–H and O–H groups in total. The Hall–Kier alpha value is -1.47. The first-order valence-electron chi connectivity index (χ1n) is 13.1. The third kappa shape index (κ3) is 8.95. The van der Waals surface area contributed by atoms with Gasteiger partial charge >= 0.3 is 0 Å². The number of hydrogen-bond donors (Lipinski definition) is 3. The summed E-state index contributed by atoms with van der Waals surface area (Å²) in [5.74, 6) is 3.03. The van der Waals surface area contributed by atoms with Crippen LogP contribution in [0.2, 0.25) is 0 Å². The van der Waals surface area contributed by atoms with E-state index in [1.54, 1.807) is 0 Å². The molecule has 1 aromatic rings. The Morgan fingerprint density at radius 1 is 1.12 bits per heavy atom. The lowest BCUT2D eigenvalue weighted by Crippen LogP contribution is -2.42. The molecule has 1 saturated heterocycles. The standard InChI is InChI=1S/C18H32O2.C9H11NO.CH4O2/c1-12-9-10-14-5-4-8-16(17(14)11-20-12)13(2)18(19)15-6-3-7-15;1-7-2-4-8(5-3-7)6-9(10)11;1-3-2/h12-19H,3-11H2,1-2H3;2-5H,6H2,1H3,(H2,10,11);2H,1H3/t12?,13-,14-,16+,17?,18?;;/m1../s1. The Labute approximate surface area is 206 Å². The van der Waals surface area contributed by atoms with Crippen molar-refractivity contribution >= 4 is 5.91 Å². The van der Waals surface area contributed by atoms with Crippen LogP contribution in [0, 0.1) is 36.5 Å². The summed E-state index contributed by atoms with van der Waals surface area (Å²) in [6.45, 7) is 7.48. The molecule has 1 aromatic carbocycles. The van der Waals surface area contributed by atoms with Gasteiger partial charge in [-0.15, -0.1) is 0 Å². The van der Waals surface area contributed by atoms with Gasteiger partial charge in [-0.05, 0) is 81.1 Å². The van der Waals surface area contributed by atoms with Crippen molar-refractivity contribution in [2.45, 2.75) is 90.8 Å². The van der Waals surface area contributed by atoms with Crippen molar-refractivity contribution in [3.63, 3.8) is 0 Å². The highest BCUT2D eigenvalue weighted by Crippen LogP contribution is 2.46. The third-order valence-electron chi connectivity index (χ3n) is 8.13. The molecule has 6 nitrogen and oxygen atoms in total. The molecule has 1 heterocycles. The molecule has 1 aliphatic heterocycles. The van der Waals surface area contributed by atoms with Gasteiger partial charge < -0.3 is 15.6 Å². The lowest BCUT2D eigenvalue weighted by Gasteiger charge is -2.44. The van der Waals surface area contributed by atoms with E-state index < -0.39 is 0 Å². The van der Waals surface area contributed by atoms with Gasteiger partial charge in [-0.25, -0.2) is 4.89 Å². The molecule has 34 heavy (non-hydrogen) atoms. The number of rotatable bonds is 5. The molecule has 6 atom stereocenters. The van der Waals surface area contributed by atoms with Crippen LogP contribution < -0.4 is 5.73 Å². The number of ether oxygens (including phenoxy) is 1. The van der Waals surface area contributed by atoms with Crippen LogP contribution in [0.25, 0.3) is 0 Å². The maximum atomic E-state index is 10.7. The highest BCUT2D eigenvalue weighted by molar-refractivity contribution is 5.76. The van der Waals surface area contributed by atoms with Crippen molar-refractivity contribution in [2.24, 2.45) is 35.3 Å². The van der Waals surface area contributed by atoms with E-state index >= 15 is 0 Å². The molecule has 0 radical (unpaired) electrons. The number of aliphatic hydroxyl groups excluding tert-OH is 1. The third-order valence-corrected chi connectivity index (χ3v) is 8.13. The van der Waals surface area contributed by atoms with Crippen molar-refractivity contribution in [1.29, 1.82) is 0 Å². The zero-order chi connectivity index (χ0) is 25.1. The zero-order valence-electron chi connectivity index (χ0n) is 21.6. The van der Waals surface area contributed by atoms with E-state index in [-0.39, 0.29) is 12.0 Å². The fraction of sp³-hybridized carbons (Fsp3) is 0.750. The highest BCUT2D eigenvalue weighted by atomic mass is 17.1. The van der Waals surface area contributed by atoms with E-state index in [1.165, 1.54) is 64.0 Å². The number of aryl methyl sites for hydroxylation is 1. The maximum absolute atomic E-state index is 10.7. The average Bonchev–Trinajstić information content (AvgIpc) is 2.96. The minimum absolute atomic E-state index is 0.0619. The Morgan fingerprint density at radius 2 is 1.74 bits per heavy atom. The Bertz CT molecular complexity index is 705. The molecule has 3 unspecified atom stereocenters. The minimum Gasteiger partial charge on any atom is -0.393 e. The quantitative estimate of drug-likeness (QED) is 0.402. The monoisotopic (exact) mass is 477 g/mol. The first-order chi connectivity index (χ1) is 16.3. The molecule has 0 bridgehead atoms. The molecule has 3 fully saturated rings. The second-order valence-electron chi connectivity index (χ2n) is 10.6. The van der Waals surface area contributed by atoms with Crippen molar-refractivity contribution in [3.8, 4) is 0 Å². The largest absolute Gasteiger partial charge is 0.393 e. The summed E-state index contributed by atoms with van der Waals surface area (Å²) in [6, 6.07) is 7.77. The maximum Gasteiger partial charge on any atom is 0.221 e. The zero-order valence-corrected chi connectivity index (χ0v) is 21.6. The lowest BCUT2D eigenvalue weighted by atomic mass is 9.63. The number of fused-ring (bicyclic) bond motifs is 1. The number of nitrogens with two attached hydrogens (primary N) is 1. The van der Waals surface area contributed by atoms with Crippen LogP contribution >= 0.6 is 0 Å². The van der Waals surface area contributed by atoms with E-state index in [0.717, 1.165) is 18.1 Å². The smallest absolute Gasteiger partial charge is 0.221 e. The van der Waals surface area contributed by atoms with Crippen LogP contribution in [0.5, 0.6) is 0 Å². The normalized spacial score (nSPS) is 28.4. The number of benzene rings is 1. The average molecular weight is 478 g/mol. The summed E-state index contributed by atoms with van der Waals surface area (Å²) in [6.07, 6.45) is 11.2. The molecule has 0 spiro atoms. The van der Waals surface area contributed by atoms with Crippen LogP contribution in [-0.4, -0.2) is 42.2 Å². The Balaban J connectivity index is 0.000000247. The SMILES string of the molecule is CC1CC[C@H]2CCC[C@@H]([C@@H](C)C(O)C3CCC3)C2CO1.COO.Cc1ccc(CC(N)=O)cc1. The van der Waals surface area contributed by atoms with E-state index in [9.17, 15) is 9.90 Å².